The first kappa shape index (κ1) is 11.8. The predicted molar refractivity (Wildman–Crippen MR) is 64.4 cm³/mol. The molecule has 1 aliphatic rings. The number of aromatic nitrogens is 2. The molecule has 5 heteroatoms. The molecule has 0 aliphatic heterocycles. The molecule has 1 aromatic rings. The van der Waals surface area contributed by atoms with Crippen LogP contribution in [0.2, 0.25) is 0 Å². The minimum absolute atomic E-state index is 0.175. The topological polar surface area (TPSA) is 67.8 Å². The van der Waals surface area contributed by atoms with E-state index in [1.165, 1.54) is 0 Å². The van der Waals surface area contributed by atoms with Crippen molar-refractivity contribution in [2.75, 3.05) is 6.54 Å². The van der Waals surface area contributed by atoms with Crippen LogP contribution in [0.1, 0.15) is 32.5 Å². The normalized spacial score (nSPS) is 34.4. The molecule has 0 amide bonds. The summed E-state index contributed by atoms with van der Waals surface area (Å²) in [6, 6.07) is 0. The highest BCUT2D eigenvalue weighted by atomic mass is 32.1. The average Bonchev–Trinajstić information content (AvgIpc) is 2.74. The van der Waals surface area contributed by atoms with E-state index in [0.29, 0.717) is 11.4 Å². The summed E-state index contributed by atoms with van der Waals surface area (Å²) < 4.78 is 4.89. The first-order chi connectivity index (χ1) is 7.54. The summed E-state index contributed by atoms with van der Waals surface area (Å²) in [5.74, 6) is 2.30. The molecule has 16 heavy (non-hydrogen) atoms. The van der Waals surface area contributed by atoms with Gasteiger partial charge in [0, 0.05) is 6.42 Å². The summed E-state index contributed by atoms with van der Waals surface area (Å²) in [7, 11) is 0. The van der Waals surface area contributed by atoms with Crippen molar-refractivity contribution in [2.45, 2.75) is 33.1 Å². The van der Waals surface area contributed by atoms with Gasteiger partial charge in [0.2, 0.25) is 0 Å². The number of aromatic amines is 1. The van der Waals surface area contributed by atoms with Gasteiger partial charge in [-0.25, -0.2) is 0 Å². The average molecular weight is 241 g/mol. The second-order valence-electron chi connectivity index (χ2n) is 5.29. The van der Waals surface area contributed by atoms with E-state index in [1.807, 2.05) is 0 Å². The molecule has 0 spiro atoms. The van der Waals surface area contributed by atoms with E-state index in [1.54, 1.807) is 0 Å². The Hall–Kier alpha value is -0.680. The summed E-state index contributed by atoms with van der Waals surface area (Å²) in [5, 5.41) is 3.93. The Kier molecular flexibility index (Phi) is 3.17. The van der Waals surface area contributed by atoms with Crippen molar-refractivity contribution in [3.63, 3.8) is 0 Å². The second-order valence-corrected chi connectivity index (χ2v) is 5.66. The van der Waals surface area contributed by atoms with Crippen LogP contribution in [0.5, 0.6) is 0 Å². The van der Waals surface area contributed by atoms with Gasteiger partial charge in [-0.1, -0.05) is 19.0 Å². The Balaban J connectivity index is 2.14. The van der Waals surface area contributed by atoms with E-state index in [2.05, 4.69) is 24.0 Å². The van der Waals surface area contributed by atoms with Crippen molar-refractivity contribution in [1.29, 1.82) is 0 Å². The van der Waals surface area contributed by atoms with E-state index >= 15 is 0 Å². The van der Waals surface area contributed by atoms with Crippen LogP contribution in [0, 0.1) is 22.1 Å². The fraction of sp³-hybridized carbons (Fsp3) is 0.818. The van der Waals surface area contributed by atoms with Gasteiger partial charge in [-0.15, -0.1) is 0 Å². The Morgan fingerprint density at radius 3 is 2.56 bits per heavy atom. The van der Waals surface area contributed by atoms with Gasteiger partial charge >= 0.3 is 0 Å². The molecule has 0 unspecified atom stereocenters. The van der Waals surface area contributed by atoms with Crippen LogP contribution in [0.4, 0.5) is 0 Å². The Bertz CT molecular complexity index is 401. The fourth-order valence-corrected chi connectivity index (χ4v) is 3.08. The maximum atomic E-state index is 5.95. The Labute approximate surface area is 101 Å². The zero-order valence-electron chi connectivity index (χ0n) is 9.82. The molecule has 3 N–H and O–H groups in total. The van der Waals surface area contributed by atoms with Crippen molar-refractivity contribution in [3.05, 3.63) is 10.7 Å². The third kappa shape index (κ3) is 2.20. The summed E-state index contributed by atoms with van der Waals surface area (Å²) in [6.45, 7) is 5.30. The van der Waals surface area contributed by atoms with Crippen LogP contribution >= 0.6 is 12.2 Å². The van der Waals surface area contributed by atoms with Gasteiger partial charge < -0.3 is 10.3 Å². The molecule has 0 bridgehead atoms. The molecule has 0 saturated heterocycles. The zero-order chi connectivity index (χ0) is 11.8. The van der Waals surface area contributed by atoms with Crippen LogP contribution < -0.4 is 5.73 Å². The molecule has 1 saturated carbocycles. The summed E-state index contributed by atoms with van der Waals surface area (Å²) in [6.07, 6.45) is 3.18. The SMILES string of the molecule is C[C@@H]1C[C@@](CN)(Cc2noc(=S)[nH]2)C[C@@H]1C. The van der Waals surface area contributed by atoms with E-state index in [-0.39, 0.29) is 5.41 Å². The van der Waals surface area contributed by atoms with Gasteiger partial charge in [0.1, 0.15) is 0 Å². The zero-order valence-corrected chi connectivity index (χ0v) is 10.6. The summed E-state index contributed by atoms with van der Waals surface area (Å²) in [4.78, 5) is 3.32. The predicted octanol–water partition coefficient (Wildman–Crippen LogP) is 2.29. The number of H-pyrrole nitrogens is 1. The van der Waals surface area contributed by atoms with Crippen LogP contribution in [-0.2, 0) is 6.42 Å². The maximum Gasteiger partial charge on any atom is 0.294 e. The molecule has 4 nitrogen and oxygen atoms in total. The van der Waals surface area contributed by atoms with Crippen molar-refractivity contribution in [2.24, 2.45) is 23.0 Å². The van der Waals surface area contributed by atoms with E-state index in [0.717, 1.165) is 36.9 Å². The number of rotatable bonds is 3. The monoisotopic (exact) mass is 241 g/mol. The van der Waals surface area contributed by atoms with Crippen molar-refractivity contribution < 1.29 is 4.52 Å². The lowest BCUT2D eigenvalue weighted by Crippen LogP contribution is -2.30. The standard InChI is InChI=1S/C11H19N3OS/c1-7-3-11(6-12,4-8(7)2)5-9-13-10(16)15-14-9/h7-8H,3-6,12H2,1-2H3,(H,13,14,16)/t7-,8+,11+. The minimum atomic E-state index is 0.175. The summed E-state index contributed by atoms with van der Waals surface area (Å²) in [5.41, 5.74) is 6.12. The van der Waals surface area contributed by atoms with Crippen LogP contribution in [0.3, 0.4) is 0 Å². The highest BCUT2D eigenvalue weighted by Gasteiger charge is 2.41. The largest absolute Gasteiger partial charge is 0.330 e. The van der Waals surface area contributed by atoms with Gasteiger partial charge in [0.05, 0.1) is 0 Å². The second kappa shape index (κ2) is 4.30. The van der Waals surface area contributed by atoms with E-state index in [4.69, 9.17) is 22.5 Å². The molecular formula is C11H19N3OS. The lowest BCUT2D eigenvalue weighted by molar-refractivity contribution is 0.279. The minimum Gasteiger partial charge on any atom is -0.330 e. The number of nitrogens with one attached hydrogen (secondary N) is 1. The molecule has 3 atom stereocenters. The molecule has 2 rings (SSSR count). The number of hydrogen-bond donors (Lipinski definition) is 2. The third-order valence-electron chi connectivity index (χ3n) is 3.94. The van der Waals surface area contributed by atoms with Gasteiger partial charge in [0.15, 0.2) is 5.82 Å². The van der Waals surface area contributed by atoms with Gasteiger partial charge in [-0.05, 0) is 48.9 Å². The van der Waals surface area contributed by atoms with Gasteiger partial charge in [-0.3, -0.25) is 4.98 Å². The third-order valence-corrected chi connectivity index (χ3v) is 4.12. The van der Waals surface area contributed by atoms with Crippen molar-refractivity contribution in [1.82, 2.24) is 10.1 Å². The number of nitrogens with two attached hydrogens (primary N) is 1. The quantitative estimate of drug-likeness (QED) is 0.797. The van der Waals surface area contributed by atoms with E-state index in [9.17, 15) is 0 Å². The van der Waals surface area contributed by atoms with Gasteiger partial charge in [-0.2, -0.15) is 0 Å². The number of nitrogens with zero attached hydrogens (tertiary/aromatic N) is 1. The van der Waals surface area contributed by atoms with Crippen LogP contribution in [0.25, 0.3) is 0 Å². The van der Waals surface area contributed by atoms with Crippen molar-refractivity contribution in [3.8, 4) is 0 Å². The highest BCUT2D eigenvalue weighted by molar-refractivity contribution is 7.71. The fourth-order valence-electron chi connectivity index (χ4n) is 2.93. The molecular weight excluding hydrogens is 222 g/mol. The van der Waals surface area contributed by atoms with Crippen LogP contribution in [0.15, 0.2) is 4.52 Å². The molecule has 0 aromatic carbocycles. The van der Waals surface area contributed by atoms with E-state index < -0.39 is 0 Å². The van der Waals surface area contributed by atoms with Crippen LogP contribution in [-0.4, -0.2) is 16.7 Å². The lowest BCUT2D eigenvalue weighted by atomic mass is 9.81. The molecule has 0 radical (unpaired) electrons. The molecule has 1 aromatic heterocycles. The molecule has 1 aliphatic carbocycles. The lowest BCUT2D eigenvalue weighted by Gasteiger charge is -2.26. The van der Waals surface area contributed by atoms with Gasteiger partial charge in [0.25, 0.3) is 4.84 Å². The smallest absolute Gasteiger partial charge is 0.294 e. The molecule has 1 fully saturated rings. The highest BCUT2D eigenvalue weighted by Crippen LogP contribution is 2.46. The van der Waals surface area contributed by atoms with Crippen molar-refractivity contribution >= 4 is 12.2 Å². The number of hydrogen-bond acceptors (Lipinski definition) is 4. The Morgan fingerprint density at radius 2 is 2.12 bits per heavy atom. The first-order valence-electron chi connectivity index (χ1n) is 5.79. The summed E-state index contributed by atoms with van der Waals surface area (Å²) >= 11 is 4.88. The maximum absolute atomic E-state index is 5.95. The first-order valence-corrected chi connectivity index (χ1v) is 6.20. The molecule has 90 valence electrons. The molecule has 1 heterocycles. The Morgan fingerprint density at radius 1 is 1.50 bits per heavy atom.